The van der Waals surface area contributed by atoms with Gasteiger partial charge in [-0.05, 0) is 32.4 Å². The molecule has 0 unspecified atom stereocenters. The van der Waals surface area contributed by atoms with Crippen molar-refractivity contribution < 1.29 is 10.0 Å². The summed E-state index contributed by atoms with van der Waals surface area (Å²) < 4.78 is 0.810. The van der Waals surface area contributed by atoms with Crippen molar-refractivity contribution in [3.63, 3.8) is 0 Å². The maximum atomic E-state index is 10.9. The first-order valence-corrected chi connectivity index (χ1v) is 6.44. The van der Waals surface area contributed by atoms with Gasteiger partial charge in [0, 0.05) is 34.8 Å². The average Bonchev–Trinajstić information content (AvgIpc) is 2.26. The number of hydrogen-bond donors (Lipinski definition) is 2. The van der Waals surface area contributed by atoms with Crippen LogP contribution in [0.25, 0.3) is 0 Å². The molecule has 0 fully saturated rings. The first-order chi connectivity index (χ1) is 8.35. The van der Waals surface area contributed by atoms with Crippen LogP contribution in [0.15, 0.2) is 22.7 Å². The first-order valence-electron chi connectivity index (χ1n) is 5.64. The smallest absolute Gasteiger partial charge is 0.273 e. The van der Waals surface area contributed by atoms with Crippen molar-refractivity contribution in [3.8, 4) is 0 Å². The van der Waals surface area contributed by atoms with Crippen LogP contribution in [0, 0.1) is 10.1 Å². The molecule has 0 aromatic heterocycles. The average molecular weight is 317 g/mol. The van der Waals surface area contributed by atoms with Gasteiger partial charge in [0.15, 0.2) is 0 Å². The van der Waals surface area contributed by atoms with E-state index in [0.29, 0.717) is 18.5 Å². The number of hydrogen-bond acceptors (Lipinski definition) is 4. The first kappa shape index (κ1) is 15.1. The Morgan fingerprint density at radius 2 is 2.17 bits per heavy atom. The zero-order chi connectivity index (χ0) is 13.8. The van der Waals surface area contributed by atoms with Crippen molar-refractivity contribution >= 4 is 21.6 Å². The highest BCUT2D eigenvalue weighted by Gasteiger charge is 2.19. The number of aliphatic hydroxyl groups is 1. The number of nitrogens with one attached hydrogen (secondary N) is 1. The van der Waals surface area contributed by atoms with E-state index in [-0.39, 0.29) is 22.8 Å². The Labute approximate surface area is 114 Å². The third-order valence-corrected chi connectivity index (χ3v) is 3.23. The van der Waals surface area contributed by atoms with E-state index in [0.717, 1.165) is 4.47 Å². The van der Waals surface area contributed by atoms with Crippen LogP contribution in [-0.4, -0.2) is 22.2 Å². The molecule has 0 aliphatic rings. The van der Waals surface area contributed by atoms with Crippen LogP contribution in [0.3, 0.4) is 0 Å². The number of nitrogens with zero attached hydrogens (tertiary/aromatic N) is 1. The van der Waals surface area contributed by atoms with Crippen molar-refractivity contribution in [1.82, 2.24) is 5.32 Å². The molecule has 100 valence electrons. The summed E-state index contributed by atoms with van der Waals surface area (Å²) in [6, 6.07) is 4.88. The number of aliphatic hydroxyl groups excluding tert-OH is 1. The van der Waals surface area contributed by atoms with Gasteiger partial charge in [-0.1, -0.05) is 15.9 Å². The Balaban J connectivity index is 2.83. The largest absolute Gasteiger partial charge is 0.396 e. The monoisotopic (exact) mass is 316 g/mol. The van der Waals surface area contributed by atoms with Gasteiger partial charge in [-0.3, -0.25) is 10.1 Å². The van der Waals surface area contributed by atoms with Crippen LogP contribution >= 0.6 is 15.9 Å². The van der Waals surface area contributed by atoms with E-state index in [1.165, 1.54) is 6.07 Å². The highest BCUT2D eigenvalue weighted by Crippen LogP contribution is 2.23. The Morgan fingerprint density at radius 3 is 2.72 bits per heavy atom. The predicted molar refractivity (Wildman–Crippen MR) is 73.4 cm³/mol. The van der Waals surface area contributed by atoms with E-state index >= 15 is 0 Å². The molecular weight excluding hydrogens is 300 g/mol. The molecule has 2 N–H and O–H groups in total. The van der Waals surface area contributed by atoms with Gasteiger partial charge in [0.2, 0.25) is 0 Å². The molecule has 0 atom stereocenters. The number of nitro benzene ring substituents is 1. The Hall–Kier alpha value is -0.980. The molecule has 18 heavy (non-hydrogen) atoms. The van der Waals surface area contributed by atoms with Crippen molar-refractivity contribution in [2.75, 3.05) is 6.61 Å². The fourth-order valence-corrected chi connectivity index (χ4v) is 1.98. The molecule has 1 aromatic rings. The summed E-state index contributed by atoms with van der Waals surface area (Å²) in [6.45, 7) is 4.38. The van der Waals surface area contributed by atoms with E-state index < -0.39 is 0 Å². The molecule has 1 aromatic carbocycles. The topological polar surface area (TPSA) is 75.4 Å². The molecule has 5 nitrogen and oxygen atoms in total. The minimum atomic E-state index is -0.386. The third kappa shape index (κ3) is 4.36. The maximum absolute atomic E-state index is 10.9. The molecule has 0 amide bonds. The third-order valence-electron chi connectivity index (χ3n) is 2.73. The predicted octanol–water partition coefficient (Wildman–Crippen LogP) is 2.61. The summed E-state index contributed by atoms with van der Waals surface area (Å²) in [6.07, 6.45) is 0.592. The second kappa shape index (κ2) is 6.26. The van der Waals surface area contributed by atoms with Crippen molar-refractivity contribution in [3.05, 3.63) is 38.3 Å². The van der Waals surface area contributed by atoms with Crippen LogP contribution in [-0.2, 0) is 6.54 Å². The summed E-state index contributed by atoms with van der Waals surface area (Å²) in [5, 5.41) is 23.0. The molecule has 0 spiro atoms. The van der Waals surface area contributed by atoms with E-state index in [4.69, 9.17) is 5.11 Å². The molecule has 0 aliphatic heterocycles. The zero-order valence-corrected chi connectivity index (χ0v) is 12.0. The molecule has 0 saturated heterocycles. The van der Waals surface area contributed by atoms with Gasteiger partial charge in [-0.15, -0.1) is 0 Å². The fraction of sp³-hybridized carbons (Fsp3) is 0.500. The van der Waals surface area contributed by atoms with Gasteiger partial charge in [0.1, 0.15) is 0 Å². The Kier molecular flexibility index (Phi) is 5.25. The molecular formula is C12H17BrN2O3. The highest BCUT2D eigenvalue weighted by atomic mass is 79.9. The molecule has 1 rings (SSSR count). The second-order valence-electron chi connectivity index (χ2n) is 4.74. The summed E-state index contributed by atoms with van der Waals surface area (Å²) in [5.41, 5.74) is 0.469. The number of nitro groups is 1. The van der Waals surface area contributed by atoms with Gasteiger partial charge in [0.25, 0.3) is 5.69 Å². The van der Waals surface area contributed by atoms with Gasteiger partial charge in [0.05, 0.1) is 4.92 Å². The van der Waals surface area contributed by atoms with Gasteiger partial charge >= 0.3 is 0 Å². The van der Waals surface area contributed by atoms with Gasteiger partial charge in [-0.25, -0.2) is 0 Å². The van der Waals surface area contributed by atoms with Gasteiger partial charge in [-0.2, -0.15) is 0 Å². The maximum Gasteiger partial charge on any atom is 0.273 e. The zero-order valence-electron chi connectivity index (χ0n) is 10.4. The highest BCUT2D eigenvalue weighted by molar-refractivity contribution is 9.10. The molecule has 6 heteroatoms. The second-order valence-corrected chi connectivity index (χ2v) is 5.66. The normalized spacial score (nSPS) is 11.6. The lowest BCUT2D eigenvalue weighted by molar-refractivity contribution is -0.385. The fourth-order valence-electron chi connectivity index (χ4n) is 1.58. The van der Waals surface area contributed by atoms with Crippen LogP contribution in [0.5, 0.6) is 0 Å². The summed E-state index contributed by atoms with van der Waals surface area (Å²) in [5.74, 6) is 0. The minimum absolute atomic E-state index is 0.0839. The summed E-state index contributed by atoms with van der Waals surface area (Å²) in [4.78, 5) is 10.5. The standard InChI is InChI=1S/C12H17BrN2O3/c1-12(2,5-6-16)14-8-9-7-10(13)3-4-11(9)15(17)18/h3-4,7,14,16H,5-6,8H2,1-2H3. The van der Waals surface area contributed by atoms with Crippen molar-refractivity contribution in [2.45, 2.75) is 32.4 Å². The number of rotatable bonds is 6. The van der Waals surface area contributed by atoms with Crippen LogP contribution in [0.1, 0.15) is 25.8 Å². The summed E-state index contributed by atoms with van der Waals surface area (Å²) >= 11 is 3.31. The summed E-state index contributed by atoms with van der Waals surface area (Å²) in [7, 11) is 0. The Morgan fingerprint density at radius 1 is 1.50 bits per heavy atom. The lowest BCUT2D eigenvalue weighted by atomic mass is 10.0. The number of halogens is 1. The lowest BCUT2D eigenvalue weighted by Gasteiger charge is -2.25. The lowest BCUT2D eigenvalue weighted by Crippen LogP contribution is -2.39. The Bertz CT molecular complexity index is 435. The van der Waals surface area contributed by atoms with E-state index in [1.54, 1.807) is 12.1 Å². The van der Waals surface area contributed by atoms with Crippen LogP contribution in [0.2, 0.25) is 0 Å². The quantitative estimate of drug-likeness (QED) is 0.625. The van der Waals surface area contributed by atoms with Gasteiger partial charge < -0.3 is 10.4 Å². The van der Waals surface area contributed by atoms with Crippen LogP contribution in [0.4, 0.5) is 5.69 Å². The van der Waals surface area contributed by atoms with Crippen molar-refractivity contribution in [1.29, 1.82) is 0 Å². The molecule has 0 radical (unpaired) electrons. The molecule has 0 bridgehead atoms. The van der Waals surface area contributed by atoms with E-state index in [9.17, 15) is 10.1 Å². The molecule has 0 heterocycles. The molecule has 0 aliphatic carbocycles. The van der Waals surface area contributed by atoms with Crippen LogP contribution < -0.4 is 5.32 Å². The number of benzene rings is 1. The SMILES string of the molecule is CC(C)(CCO)NCc1cc(Br)ccc1[N+](=O)[O-]. The van der Waals surface area contributed by atoms with Crippen molar-refractivity contribution in [2.24, 2.45) is 0 Å². The van der Waals surface area contributed by atoms with E-state index in [2.05, 4.69) is 21.2 Å². The van der Waals surface area contributed by atoms with E-state index in [1.807, 2.05) is 13.8 Å². The minimum Gasteiger partial charge on any atom is -0.396 e. The molecule has 0 saturated carbocycles.